The topological polar surface area (TPSA) is 70.8 Å². The van der Waals surface area contributed by atoms with E-state index < -0.39 is 6.04 Å². The zero-order valence-electron chi connectivity index (χ0n) is 13.7. The summed E-state index contributed by atoms with van der Waals surface area (Å²) in [6, 6.07) is 13.1. The second-order valence-corrected chi connectivity index (χ2v) is 6.17. The van der Waals surface area contributed by atoms with Crippen molar-refractivity contribution in [3.8, 4) is 5.75 Å². The fourth-order valence-corrected chi connectivity index (χ4v) is 3.48. The molecule has 1 aliphatic rings. The molecule has 25 heavy (non-hydrogen) atoms. The third-order valence-corrected chi connectivity index (χ3v) is 4.52. The number of rotatable bonds is 3. The lowest BCUT2D eigenvalue weighted by Gasteiger charge is -2.24. The Morgan fingerprint density at radius 3 is 2.68 bits per heavy atom. The summed E-state index contributed by atoms with van der Waals surface area (Å²) in [5, 5.41) is 10.3. The van der Waals surface area contributed by atoms with E-state index in [1.165, 1.54) is 0 Å². The van der Waals surface area contributed by atoms with Crippen LogP contribution in [0.3, 0.4) is 0 Å². The molecule has 5 nitrogen and oxygen atoms in total. The van der Waals surface area contributed by atoms with Crippen LogP contribution in [0.1, 0.15) is 41.1 Å². The number of amides is 1. The van der Waals surface area contributed by atoms with E-state index in [-0.39, 0.29) is 22.8 Å². The van der Waals surface area contributed by atoms with E-state index in [1.54, 1.807) is 47.4 Å². The predicted molar refractivity (Wildman–Crippen MR) is 93.8 cm³/mol. The first-order valence-corrected chi connectivity index (χ1v) is 8.27. The molecular formula is C20H17NO4. The van der Waals surface area contributed by atoms with Gasteiger partial charge in [0, 0.05) is 6.54 Å². The van der Waals surface area contributed by atoms with Gasteiger partial charge in [-0.1, -0.05) is 31.2 Å². The van der Waals surface area contributed by atoms with E-state index >= 15 is 0 Å². The Balaban J connectivity index is 2.02. The van der Waals surface area contributed by atoms with E-state index in [0.29, 0.717) is 28.6 Å². The first-order chi connectivity index (χ1) is 12.1. The second-order valence-electron chi connectivity index (χ2n) is 6.17. The average molecular weight is 335 g/mol. The minimum absolute atomic E-state index is 0.0972. The van der Waals surface area contributed by atoms with Crippen LogP contribution in [0.4, 0.5) is 0 Å². The zero-order valence-corrected chi connectivity index (χ0v) is 13.7. The maximum absolute atomic E-state index is 13.1. The fourth-order valence-electron chi connectivity index (χ4n) is 3.48. The average Bonchev–Trinajstić information content (AvgIpc) is 2.89. The summed E-state index contributed by atoms with van der Waals surface area (Å²) in [7, 11) is 0. The van der Waals surface area contributed by atoms with Crippen LogP contribution in [0.15, 0.2) is 57.7 Å². The number of hydrogen-bond donors (Lipinski definition) is 1. The van der Waals surface area contributed by atoms with Crippen molar-refractivity contribution in [2.75, 3.05) is 6.54 Å². The Kier molecular flexibility index (Phi) is 3.57. The molecule has 1 N–H and O–H groups in total. The largest absolute Gasteiger partial charge is 0.508 e. The van der Waals surface area contributed by atoms with Crippen molar-refractivity contribution in [3.05, 3.63) is 75.6 Å². The van der Waals surface area contributed by atoms with Crippen LogP contribution in [0.2, 0.25) is 0 Å². The molecule has 1 amide bonds. The van der Waals surface area contributed by atoms with Gasteiger partial charge in [0.25, 0.3) is 5.91 Å². The molecule has 3 aromatic rings. The minimum Gasteiger partial charge on any atom is -0.508 e. The second kappa shape index (κ2) is 5.77. The molecule has 5 heteroatoms. The molecule has 0 spiro atoms. The molecule has 1 aliphatic heterocycles. The third-order valence-electron chi connectivity index (χ3n) is 4.52. The van der Waals surface area contributed by atoms with E-state index in [0.717, 1.165) is 6.42 Å². The van der Waals surface area contributed by atoms with Crippen LogP contribution >= 0.6 is 0 Å². The SMILES string of the molecule is CCCN1C(=O)c2oc3ccccc3c(=O)c2[C@H]1c1cccc(O)c1. The van der Waals surface area contributed by atoms with Gasteiger partial charge >= 0.3 is 0 Å². The highest BCUT2D eigenvalue weighted by molar-refractivity contribution is 5.99. The molecule has 126 valence electrons. The van der Waals surface area contributed by atoms with Crippen molar-refractivity contribution < 1.29 is 14.3 Å². The van der Waals surface area contributed by atoms with E-state index in [9.17, 15) is 14.7 Å². The van der Waals surface area contributed by atoms with Crippen molar-refractivity contribution in [3.63, 3.8) is 0 Å². The number of carbonyl (C=O) groups excluding carboxylic acids is 1. The monoisotopic (exact) mass is 335 g/mol. The number of phenols is 1. The van der Waals surface area contributed by atoms with Crippen molar-refractivity contribution in [1.82, 2.24) is 4.90 Å². The number of benzene rings is 2. The molecule has 2 aromatic carbocycles. The lowest BCUT2D eigenvalue weighted by atomic mass is 9.98. The van der Waals surface area contributed by atoms with Gasteiger partial charge in [-0.2, -0.15) is 0 Å². The molecular weight excluding hydrogens is 318 g/mol. The molecule has 0 aliphatic carbocycles. The Morgan fingerprint density at radius 1 is 1.12 bits per heavy atom. The van der Waals surface area contributed by atoms with Crippen LogP contribution in [0, 0.1) is 0 Å². The fraction of sp³-hybridized carbons (Fsp3) is 0.200. The maximum Gasteiger partial charge on any atom is 0.290 e. The van der Waals surface area contributed by atoms with Gasteiger partial charge in [-0.3, -0.25) is 9.59 Å². The van der Waals surface area contributed by atoms with Crippen LogP contribution < -0.4 is 5.43 Å². The zero-order chi connectivity index (χ0) is 17.6. The molecule has 1 aromatic heterocycles. The Labute approximate surface area is 144 Å². The van der Waals surface area contributed by atoms with Gasteiger partial charge in [-0.05, 0) is 36.2 Å². The Hall–Kier alpha value is -3.08. The molecule has 4 rings (SSSR count). The standard InChI is InChI=1S/C20H17NO4/c1-2-10-21-17(12-6-5-7-13(22)11-12)16-18(23)14-8-3-4-9-15(14)25-19(16)20(21)24/h3-9,11,17,22H,2,10H2,1H3/t17-/m1/s1. The lowest BCUT2D eigenvalue weighted by molar-refractivity contribution is 0.0728. The highest BCUT2D eigenvalue weighted by atomic mass is 16.3. The molecule has 1 atom stereocenters. The molecule has 0 saturated carbocycles. The summed E-state index contributed by atoms with van der Waals surface area (Å²) in [6.07, 6.45) is 0.753. The van der Waals surface area contributed by atoms with Gasteiger partial charge < -0.3 is 14.4 Å². The molecule has 0 radical (unpaired) electrons. The minimum atomic E-state index is -0.546. The quantitative estimate of drug-likeness (QED) is 0.796. The molecule has 0 unspecified atom stereocenters. The van der Waals surface area contributed by atoms with Crippen molar-refractivity contribution in [2.45, 2.75) is 19.4 Å². The predicted octanol–water partition coefficient (Wildman–Crippen LogP) is 3.45. The van der Waals surface area contributed by atoms with Gasteiger partial charge in [0.05, 0.1) is 17.0 Å². The van der Waals surface area contributed by atoms with Crippen LogP contribution in [-0.2, 0) is 0 Å². The third kappa shape index (κ3) is 2.31. The first kappa shape index (κ1) is 15.4. The van der Waals surface area contributed by atoms with E-state index in [4.69, 9.17) is 4.42 Å². The first-order valence-electron chi connectivity index (χ1n) is 8.27. The molecule has 2 heterocycles. The van der Waals surface area contributed by atoms with Crippen molar-refractivity contribution in [2.24, 2.45) is 0 Å². The van der Waals surface area contributed by atoms with Crippen LogP contribution in [-0.4, -0.2) is 22.5 Å². The van der Waals surface area contributed by atoms with Gasteiger partial charge in [-0.25, -0.2) is 0 Å². The van der Waals surface area contributed by atoms with Crippen molar-refractivity contribution in [1.29, 1.82) is 0 Å². The highest BCUT2D eigenvalue weighted by Crippen LogP contribution is 2.38. The van der Waals surface area contributed by atoms with Gasteiger partial charge in [-0.15, -0.1) is 0 Å². The summed E-state index contributed by atoms with van der Waals surface area (Å²) < 4.78 is 5.80. The number of carbonyl (C=O) groups is 1. The molecule has 0 bridgehead atoms. The van der Waals surface area contributed by atoms with Gasteiger partial charge in [0.2, 0.25) is 5.76 Å². The normalized spacial score (nSPS) is 16.4. The van der Waals surface area contributed by atoms with Crippen LogP contribution in [0.5, 0.6) is 5.75 Å². The van der Waals surface area contributed by atoms with Crippen molar-refractivity contribution >= 4 is 16.9 Å². The number of nitrogens with zero attached hydrogens (tertiary/aromatic N) is 1. The van der Waals surface area contributed by atoms with E-state index in [2.05, 4.69) is 0 Å². The number of aromatic hydroxyl groups is 1. The molecule has 0 saturated heterocycles. The Bertz CT molecular complexity index is 1040. The lowest BCUT2D eigenvalue weighted by Crippen LogP contribution is -2.30. The summed E-state index contributed by atoms with van der Waals surface area (Å²) in [5.41, 5.74) is 1.26. The summed E-state index contributed by atoms with van der Waals surface area (Å²) in [4.78, 5) is 27.6. The summed E-state index contributed by atoms with van der Waals surface area (Å²) >= 11 is 0. The van der Waals surface area contributed by atoms with Gasteiger partial charge in [0.15, 0.2) is 5.43 Å². The summed E-state index contributed by atoms with van der Waals surface area (Å²) in [5.74, 6) is -0.0847. The van der Waals surface area contributed by atoms with Gasteiger partial charge in [0.1, 0.15) is 11.3 Å². The summed E-state index contributed by atoms with van der Waals surface area (Å²) in [6.45, 7) is 2.47. The maximum atomic E-state index is 13.1. The number of phenolic OH excluding ortho intramolecular Hbond substituents is 1. The Morgan fingerprint density at radius 2 is 1.92 bits per heavy atom. The number of hydrogen-bond acceptors (Lipinski definition) is 4. The number of fused-ring (bicyclic) bond motifs is 2. The van der Waals surface area contributed by atoms with Crippen LogP contribution in [0.25, 0.3) is 11.0 Å². The van der Waals surface area contributed by atoms with E-state index in [1.807, 2.05) is 13.0 Å². The molecule has 0 fully saturated rings. The smallest absolute Gasteiger partial charge is 0.290 e. The highest BCUT2D eigenvalue weighted by Gasteiger charge is 2.42. The number of para-hydroxylation sites is 1.